The van der Waals surface area contributed by atoms with E-state index in [1.807, 2.05) is 5.32 Å². The number of imidazole rings is 1. The number of thiazole rings is 1. The van der Waals surface area contributed by atoms with Crippen molar-refractivity contribution in [3.8, 4) is 11.3 Å². The summed E-state index contributed by atoms with van der Waals surface area (Å²) in [5.74, 6) is -0.798. The number of benzene rings is 1. The number of carbonyl (C=O) groups excluding carboxylic acids is 1. The van der Waals surface area contributed by atoms with Gasteiger partial charge in [-0.1, -0.05) is 23.7 Å². The Morgan fingerprint density at radius 1 is 1.30 bits per heavy atom. The highest BCUT2D eigenvalue weighted by molar-refractivity contribution is 7.15. The van der Waals surface area contributed by atoms with Gasteiger partial charge in [0.05, 0.1) is 5.69 Å². The van der Waals surface area contributed by atoms with Gasteiger partial charge in [-0.3, -0.25) is 9.20 Å². The van der Waals surface area contributed by atoms with Crippen LogP contribution >= 0.6 is 22.9 Å². The molecule has 0 aliphatic heterocycles. The first kappa shape index (κ1) is 15.8. The second kappa shape index (κ2) is 5.86. The molecule has 0 bridgehead atoms. The van der Waals surface area contributed by atoms with E-state index in [1.54, 1.807) is 30.5 Å². The van der Waals surface area contributed by atoms with Crippen molar-refractivity contribution in [3.63, 3.8) is 0 Å². The summed E-state index contributed by atoms with van der Waals surface area (Å²) in [4.78, 5) is 16.8. The van der Waals surface area contributed by atoms with Gasteiger partial charge >= 0.3 is 6.18 Å². The second-order valence-corrected chi connectivity index (χ2v) is 5.98. The molecule has 3 aromatic rings. The first-order valence-electron chi connectivity index (χ1n) is 6.41. The Bertz CT molecular complexity index is 854. The van der Waals surface area contributed by atoms with E-state index in [0.717, 1.165) is 5.56 Å². The van der Waals surface area contributed by atoms with Crippen molar-refractivity contribution in [1.29, 1.82) is 0 Å². The number of nitrogens with one attached hydrogen (secondary N) is 1. The molecule has 0 fully saturated rings. The summed E-state index contributed by atoms with van der Waals surface area (Å²) < 4.78 is 38.0. The van der Waals surface area contributed by atoms with Crippen LogP contribution in [0.2, 0.25) is 5.02 Å². The molecule has 0 aliphatic rings. The lowest BCUT2D eigenvalue weighted by Gasteiger charge is -2.07. The fourth-order valence-electron chi connectivity index (χ4n) is 1.98. The number of fused-ring (bicyclic) bond motifs is 1. The summed E-state index contributed by atoms with van der Waals surface area (Å²) in [6.45, 7) is -1.37. The van der Waals surface area contributed by atoms with E-state index in [0.29, 0.717) is 15.7 Å². The van der Waals surface area contributed by atoms with Crippen molar-refractivity contribution in [2.45, 2.75) is 6.18 Å². The molecule has 2 heterocycles. The quantitative estimate of drug-likeness (QED) is 0.768. The highest BCUT2D eigenvalue weighted by Gasteiger charge is 2.28. The largest absolute Gasteiger partial charge is 0.405 e. The number of alkyl halides is 3. The molecular formula is C14H9ClF3N3OS. The number of hydrogen-bond acceptors (Lipinski definition) is 3. The number of aromatic nitrogens is 2. The zero-order valence-corrected chi connectivity index (χ0v) is 13.0. The Kier molecular flexibility index (Phi) is 4.03. The van der Waals surface area contributed by atoms with Crippen molar-refractivity contribution in [2.24, 2.45) is 0 Å². The van der Waals surface area contributed by atoms with E-state index in [9.17, 15) is 18.0 Å². The molecule has 2 aromatic heterocycles. The van der Waals surface area contributed by atoms with Crippen LogP contribution in [0.15, 0.2) is 35.8 Å². The molecule has 4 nitrogen and oxygen atoms in total. The molecule has 0 atom stereocenters. The average Bonchev–Trinajstić information content (AvgIpc) is 3.05. The van der Waals surface area contributed by atoms with Crippen LogP contribution in [0.25, 0.3) is 16.2 Å². The van der Waals surface area contributed by atoms with Gasteiger partial charge in [0.25, 0.3) is 5.91 Å². The lowest BCUT2D eigenvalue weighted by Crippen LogP contribution is -2.34. The number of carbonyl (C=O) groups is 1. The van der Waals surface area contributed by atoms with Crippen LogP contribution in [0.3, 0.4) is 0 Å². The SMILES string of the molecule is O=C(NCC(F)(F)F)c1csc2nc(-c3ccc(Cl)cc3)cn12. The minimum atomic E-state index is -4.45. The Hall–Kier alpha value is -2.06. The minimum absolute atomic E-state index is 0.113. The maximum Gasteiger partial charge on any atom is 0.405 e. The van der Waals surface area contributed by atoms with Gasteiger partial charge in [0.15, 0.2) is 4.96 Å². The van der Waals surface area contributed by atoms with Gasteiger partial charge in [0.2, 0.25) is 0 Å². The van der Waals surface area contributed by atoms with Crippen molar-refractivity contribution >= 4 is 33.8 Å². The lowest BCUT2D eigenvalue weighted by atomic mass is 10.2. The van der Waals surface area contributed by atoms with Crippen molar-refractivity contribution in [1.82, 2.24) is 14.7 Å². The summed E-state index contributed by atoms with van der Waals surface area (Å²) in [7, 11) is 0. The van der Waals surface area contributed by atoms with Gasteiger partial charge in [0, 0.05) is 22.2 Å². The van der Waals surface area contributed by atoms with Crippen LogP contribution in [0.1, 0.15) is 10.5 Å². The Morgan fingerprint density at radius 3 is 2.65 bits per heavy atom. The van der Waals surface area contributed by atoms with E-state index in [4.69, 9.17) is 11.6 Å². The number of rotatable bonds is 3. The first-order chi connectivity index (χ1) is 10.8. The lowest BCUT2D eigenvalue weighted by molar-refractivity contribution is -0.123. The van der Waals surface area contributed by atoms with Crippen LogP contribution in [0, 0.1) is 0 Å². The molecule has 0 radical (unpaired) electrons. The van der Waals surface area contributed by atoms with Gasteiger partial charge < -0.3 is 5.32 Å². The second-order valence-electron chi connectivity index (χ2n) is 4.70. The highest BCUT2D eigenvalue weighted by atomic mass is 35.5. The Labute approximate surface area is 137 Å². The third-order valence-corrected chi connectivity index (χ3v) is 4.12. The standard InChI is InChI=1S/C14H9ClF3N3OS/c15-9-3-1-8(2-4-9)10-5-21-11(6-23-13(21)20-10)12(22)19-7-14(16,17)18/h1-6H,7H2,(H,19,22). The molecule has 120 valence electrons. The third-order valence-electron chi connectivity index (χ3n) is 3.03. The Balaban J connectivity index is 1.88. The van der Waals surface area contributed by atoms with Gasteiger partial charge in [-0.25, -0.2) is 4.98 Å². The summed E-state index contributed by atoms with van der Waals surface area (Å²) >= 11 is 7.00. The fraction of sp³-hybridized carbons (Fsp3) is 0.143. The fourth-order valence-corrected chi connectivity index (χ4v) is 2.96. The molecule has 0 unspecified atom stereocenters. The minimum Gasteiger partial charge on any atom is -0.342 e. The molecule has 23 heavy (non-hydrogen) atoms. The molecule has 9 heteroatoms. The van der Waals surface area contributed by atoms with E-state index in [-0.39, 0.29) is 5.69 Å². The van der Waals surface area contributed by atoms with Crippen LogP contribution in [-0.2, 0) is 0 Å². The zero-order chi connectivity index (χ0) is 16.6. The maximum absolute atomic E-state index is 12.2. The molecular weight excluding hydrogens is 351 g/mol. The average molecular weight is 360 g/mol. The van der Waals surface area contributed by atoms with Crippen LogP contribution < -0.4 is 5.32 Å². The molecule has 1 N–H and O–H groups in total. The van der Waals surface area contributed by atoms with Gasteiger partial charge in [-0.15, -0.1) is 11.3 Å². The van der Waals surface area contributed by atoms with E-state index in [2.05, 4.69) is 4.98 Å². The maximum atomic E-state index is 12.2. The highest BCUT2D eigenvalue weighted by Crippen LogP contribution is 2.25. The molecule has 1 aromatic carbocycles. The predicted octanol–water partition coefficient (Wildman–Crippen LogP) is 4.01. The molecule has 3 rings (SSSR count). The third kappa shape index (κ3) is 3.48. The number of halogens is 4. The monoisotopic (exact) mass is 359 g/mol. The molecule has 0 saturated carbocycles. The van der Waals surface area contributed by atoms with E-state index >= 15 is 0 Å². The number of nitrogens with zero attached hydrogens (tertiary/aromatic N) is 2. The summed E-state index contributed by atoms with van der Waals surface area (Å²) in [6.07, 6.45) is -2.84. The Morgan fingerprint density at radius 2 is 2.00 bits per heavy atom. The van der Waals surface area contributed by atoms with Crippen molar-refractivity contribution in [2.75, 3.05) is 6.54 Å². The van der Waals surface area contributed by atoms with Gasteiger partial charge in [0.1, 0.15) is 12.2 Å². The number of amides is 1. The zero-order valence-electron chi connectivity index (χ0n) is 11.4. The molecule has 1 amide bonds. The molecule has 0 aliphatic carbocycles. The number of hydrogen-bond donors (Lipinski definition) is 1. The molecule has 0 spiro atoms. The molecule has 0 saturated heterocycles. The summed E-state index contributed by atoms with van der Waals surface area (Å²) in [6, 6.07) is 6.97. The van der Waals surface area contributed by atoms with Crippen molar-refractivity contribution in [3.05, 3.63) is 46.6 Å². The van der Waals surface area contributed by atoms with Crippen LogP contribution in [0.5, 0.6) is 0 Å². The van der Waals surface area contributed by atoms with Gasteiger partial charge in [-0.05, 0) is 12.1 Å². The van der Waals surface area contributed by atoms with Gasteiger partial charge in [-0.2, -0.15) is 13.2 Å². The van der Waals surface area contributed by atoms with Crippen LogP contribution in [0.4, 0.5) is 13.2 Å². The van der Waals surface area contributed by atoms with Crippen LogP contribution in [-0.4, -0.2) is 28.0 Å². The topological polar surface area (TPSA) is 46.4 Å². The normalized spacial score (nSPS) is 11.8. The first-order valence-corrected chi connectivity index (χ1v) is 7.67. The van der Waals surface area contributed by atoms with Crippen molar-refractivity contribution < 1.29 is 18.0 Å². The summed E-state index contributed by atoms with van der Waals surface area (Å²) in [5.41, 5.74) is 1.52. The summed E-state index contributed by atoms with van der Waals surface area (Å²) in [5, 5.41) is 3.91. The smallest absolute Gasteiger partial charge is 0.342 e. The van der Waals surface area contributed by atoms with E-state index in [1.165, 1.54) is 21.1 Å². The van der Waals surface area contributed by atoms with E-state index < -0.39 is 18.6 Å². The predicted molar refractivity (Wildman–Crippen MR) is 81.9 cm³/mol.